The van der Waals surface area contributed by atoms with Gasteiger partial charge in [-0.15, -0.1) is 0 Å². The maximum Gasteiger partial charge on any atom is 0.0926 e. The lowest BCUT2D eigenvalue weighted by Gasteiger charge is -2.39. The van der Waals surface area contributed by atoms with Gasteiger partial charge in [-0.1, -0.05) is 26.7 Å². The maximum atomic E-state index is 8.72. The molecule has 0 aromatic rings. The molecule has 0 saturated heterocycles. The minimum absolute atomic E-state index is 0.0117. The van der Waals surface area contributed by atoms with E-state index in [-0.39, 0.29) is 6.04 Å². The van der Waals surface area contributed by atoms with Gasteiger partial charge >= 0.3 is 0 Å². The molecule has 2 atom stereocenters. The Bertz CT molecular complexity index is 203. The van der Waals surface area contributed by atoms with Crippen LogP contribution in [0.3, 0.4) is 0 Å². The van der Waals surface area contributed by atoms with Gasteiger partial charge < -0.3 is 0 Å². The summed E-state index contributed by atoms with van der Waals surface area (Å²) in [6.07, 6.45) is 5.15. The Morgan fingerprint density at radius 1 is 1.46 bits per heavy atom. The molecular formula is C11H20N2. The molecule has 1 aliphatic rings. The van der Waals surface area contributed by atoms with E-state index in [1.165, 1.54) is 25.7 Å². The van der Waals surface area contributed by atoms with Crippen molar-refractivity contribution in [3.05, 3.63) is 0 Å². The van der Waals surface area contributed by atoms with Gasteiger partial charge in [0.15, 0.2) is 0 Å². The first kappa shape index (κ1) is 10.5. The highest BCUT2D eigenvalue weighted by atomic mass is 15.0. The first-order chi connectivity index (χ1) is 6.06. The van der Waals surface area contributed by atoms with E-state index in [1.807, 2.05) is 6.92 Å². The standard InChI is InChI=1S/C11H20N2/c1-9(8-12)13-10-6-4-5-7-11(10,2)3/h9-10,13H,4-7H2,1-3H3. The van der Waals surface area contributed by atoms with E-state index in [0.717, 1.165) is 0 Å². The van der Waals surface area contributed by atoms with Crippen molar-refractivity contribution in [2.24, 2.45) is 5.41 Å². The highest BCUT2D eigenvalue weighted by Gasteiger charge is 2.32. The van der Waals surface area contributed by atoms with Crippen LogP contribution in [0.5, 0.6) is 0 Å². The lowest BCUT2D eigenvalue weighted by atomic mass is 9.73. The Morgan fingerprint density at radius 2 is 2.15 bits per heavy atom. The zero-order valence-corrected chi connectivity index (χ0v) is 8.93. The maximum absolute atomic E-state index is 8.72. The molecule has 2 unspecified atom stereocenters. The quantitative estimate of drug-likeness (QED) is 0.708. The molecule has 1 rings (SSSR count). The van der Waals surface area contributed by atoms with Gasteiger partial charge in [-0.3, -0.25) is 5.32 Å². The van der Waals surface area contributed by atoms with E-state index >= 15 is 0 Å². The molecule has 0 aromatic heterocycles. The molecular weight excluding hydrogens is 160 g/mol. The van der Waals surface area contributed by atoms with Gasteiger partial charge in [0.05, 0.1) is 12.1 Å². The van der Waals surface area contributed by atoms with Gasteiger partial charge in [-0.05, 0) is 25.2 Å². The van der Waals surface area contributed by atoms with Gasteiger partial charge in [-0.2, -0.15) is 5.26 Å². The summed E-state index contributed by atoms with van der Waals surface area (Å²) in [6.45, 7) is 6.53. The zero-order chi connectivity index (χ0) is 9.90. The second kappa shape index (κ2) is 4.11. The minimum atomic E-state index is -0.0117. The lowest BCUT2D eigenvalue weighted by Crippen LogP contribution is -2.47. The minimum Gasteiger partial charge on any atom is -0.299 e. The molecule has 0 amide bonds. The largest absolute Gasteiger partial charge is 0.299 e. The summed E-state index contributed by atoms with van der Waals surface area (Å²) < 4.78 is 0. The average molecular weight is 180 g/mol. The molecule has 0 radical (unpaired) electrons. The van der Waals surface area contributed by atoms with Crippen LogP contribution in [0.4, 0.5) is 0 Å². The molecule has 0 aromatic carbocycles. The fourth-order valence-electron chi connectivity index (χ4n) is 2.14. The van der Waals surface area contributed by atoms with Crippen molar-refractivity contribution in [1.82, 2.24) is 5.32 Å². The number of nitriles is 1. The normalized spacial score (nSPS) is 29.2. The number of hydrogen-bond acceptors (Lipinski definition) is 2. The lowest BCUT2D eigenvalue weighted by molar-refractivity contribution is 0.164. The highest BCUT2D eigenvalue weighted by Crippen LogP contribution is 2.35. The third kappa shape index (κ3) is 2.70. The summed E-state index contributed by atoms with van der Waals surface area (Å²) in [5.74, 6) is 0. The van der Waals surface area contributed by atoms with Crippen molar-refractivity contribution >= 4 is 0 Å². The first-order valence-corrected chi connectivity index (χ1v) is 5.22. The number of hydrogen-bond donors (Lipinski definition) is 1. The Labute approximate surface area is 81.3 Å². The summed E-state index contributed by atoms with van der Waals surface area (Å²) in [5.41, 5.74) is 0.364. The van der Waals surface area contributed by atoms with Crippen molar-refractivity contribution in [2.75, 3.05) is 0 Å². The van der Waals surface area contributed by atoms with Gasteiger partial charge in [0, 0.05) is 6.04 Å². The number of nitrogens with one attached hydrogen (secondary N) is 1. The molecule has 2 heteroatoms. The smallest absolute Gasteiger partial charge is 0.0926 e. The van der Waals surface area contributed by atoms with Crippen molar-refractivity contribution in [3.8, 4) is 6.07 Å². The Morgan fingerprint density at radius 3 is 2.69 bits per heavy atom. The van der Waals surface area contributed by atoms with E-state index in [9.17, 15) is 0 Å². The van der Waals surface area contributed by atoms with E-state index in [2.05, 4.69) is 25.2 Å². The van der Waals surface area contributed by atoms with Crippen LogP contribution >= 0.6 is 0 Å². The molecule has 2 nitrogen and oxygen atoms in total. The van der Waals surface area contributed by atoms with Crippen molar-refractivity contribution in [3.63, 3.8) is 0 Å². The van der Waals surface area contributed by atoms with Crippen LogP contribution in [0.25, 0.3) is 0 Å². The molecule has 1 aliphatic carbocycles. The molecule has 0 heterocycles. The van der Waals surface area contributed by atoms with Crippen LogP contribution < -0.4 is 5.32 Å². The van der Waals surface area contributed by atoms with Crippen LogP contribution in [0.15, 0.2) is 0 Å². The second-order valence-electron chi connectivity index (χ2n) is 4.80. The predicted octanol–water partition coefficient (Wildman–Crippen LogP) is 2.46. The van der Waals surface area contributed by atoms with E-state index < -0.39 is 0 Å². The summed E-state index contributed by atoms with van der Waals surface area (Å²) in [7, 11) is 0. The van der Waals surface area contributed by atoms with E-state index in [4.69, 9.17) is 5.26 Å². The summed E-state index contributed by atoms with van der Waals surface area (Å²) >= 11 is 0. The highest BCUT2D eigenvalue weighted by molar-refractivity contribution is 4.94. The molecule has 1 saturated carbocycles. The molecule has 0 bridgehead atoms. The van der Waals surface area contributed by atoms with Crippen LogP contribution in [0, 0.1) is 16.7 Å². The fraction of sp³-hybridized carbons (Fsp3) is 0.909. The van der Waals surface area contributed by atoms with Gasteiger partial charge in [0.2, 0.25) is 0 Å². The summed E-state index contributed by atoms with van der Waals surface area (Å²) in [5, 5.41) is 12.1. The zero-order valence-electron chi connectivity index (χ0n) is 8.93. The Balaban J connectivity index is 2.52. The Kier molecular flexibility index (Phi) is 3.33. The Hall–Kier alpha value is -0.550. The topological polar surface area (TPSA) is 35.8 Å². The average Bonchev–Trinajstić information content (AvgIpc) is 2.08. The fourth-order valence-corrected chi connectivity index (χ4v) is 2.14. The predicted molar refractivity (Wildman–Crippen MR) is 54.2 cm³/mol. The van der Waals surface area contributed by atoms with Crippen LogP contribution in [0.1, 0.15) is 46.5 Å². The molecule has 0 aliphatic heterocycles. The SMILES string of the molecule is CC(C#N)NC1CCCCC1(C)C. The van der Waals surface area contributed by atoms with Gasteiger partial charge in [0.25, 0.3) is 0 Å². The molecule has 1 fully saturated rings. The molecule has 1 N–H and O–H groups in total. The summed E-state index contributed by atoms with van der Waals surface area (Å²) in [6, 6.07) is 2.75. The van der Waals surface area contributed by atoms with E-state index in [1.54, 1.807) is 0 Å². The van der Waals surface area contributed by atoms with Crippen molar-refractivity contribution in [2.45, 2.75) is 58.5 Å². The number of nitrogens with zero attached hydrogens (tertiary/aromatic N) is 1. The van der Waals surface area contributed by atoms with Gasteiger partial charge in [0.1, 0.15) is 0 Å². The summed E-state index contributed by atoms with van der Waals surface area (Å²) in [4.78, 5) is 0. The first-order valence-electron chi connectivity index (χ1n) is 5.22. The monoisotopic (exact) mass is 180 g/mol. The van der Waals surface area contributed by atoms with Crippen LogP contribution in [-0.2, 0) is 0 Å². The van der Waals surface area contributed by atoms with Crippen molar-refractivity contribution in [1.29, 1.82) is 5.26 Å². The molecule has 13 heavy (non-hydrogen) atoms. The third-order valence-corrected chi connectivity index (χ3v) is 3.15. The third-order valence-electron chi connectivity index (χ3n) is 3.15. The number of rotatable bonds is 2. The van der Waals surface area contributed by atoms with Crippen LogP contribution in [0.2, 0.25) is 0 Å². The molecule has 74 valence electrons. The molecule has 0 spiro atoms. The second-order valence-corrected chi connectivity index (χ2v) is 4.80. The van der Waals surface area contributed by atoms with E-state index in [0.29, 0.717) is 11.5 Å². The van der Waals surface area contributed by atoms with Gasteiger partial charge in [-0.25, -0.2) is 0 Å². The van der Waals surface area contributed by atoms with Crippen LogP contribution in [-0.4, -0.2) is 12.1 Å². The van der Waals surface area contributed by atoms with Crippen molar-refractivity contribution < 1.29 is 0 Å².